The Hall–Kier alpha value is -1.30. The van der Waals surface area contributed by atoms with Crippen LogP contribution in [0.4, 0.5) is 4.79 Å². The molecule has 1 saturated heterocycles. The maximum absolute atomic E-state index is 12.2. The van der Waals surface area contributed by atoms with Crippen LogP contribution in [0.5, 0.6) is 0 Å². The summed E-state index contributed by atoms with van der Waals surface area (Å²) in [6, 6.07) is -0.940. The van der Waals surface area contributed by atoms with Crippen LogP contribution in [-0.2, 0) is 4.79 Å². The second-order valence-electron chi connectivity index (χ2n) is 6.60. The van der Waals surface area contributed by atoms with Gasteiger partial charge in [-0.05, 0) is 38.8 Å². The van der Waals surface area contributed by atoms with Crippen LogP contribution in [0, 0.1) is 5.41 Å². The normalized spacial score (nSPS) is 20.1. The second kappa shape index (κ2) is 6.92. The van der Waals surface area contributed by atoms with E-state index in [1.54, 1.807) is 0 Å². The van der Waals surface area contributed by atoms with Gasteiger partial charge < -0.3 is 20.2 Å². The van der Waals surface area contributed by atoms with Crippen molar-refractivity contribution in [3.63, 3.8) is 0 Å². The van der Waals surface area contributed by atoms with Crippen molar-refractivity contribution < 1.29 is 14.7 Å². The van der Waals surface area contributed by atoms with Crippen LogP contribution in [0.1, 0.15) is 33.1 Å². The van der Waals surface area contributed by atoms with E-state index in [1.165, 1.54) is 4.90 Å². The Morgan fingerprint density at radius 2 is 2.00 bits per heavy atom. The van der Waals surface area contributed by atoms with Gasteiger partial charge in [-0.1, -0.05) is 13.8 Å². The van der Waals surface area contributed by atoms with Gasteiger partial charge in [-0.15, -0.1) is 0 Å². The van der Waals surface area contributed by atoms with Gasteiger partial charge in [0.15, 0.2) is 0 Å². The average Bonchev–Trinajstić information content (AvgIpc) is 2.34. The predicted octanol–water partition coefficient (Wildman–Crippen LogP) is 1.22. The van der Waals surface area contributed by atoms with Crippen molar-refractivity contribution in [2.75, 3.05) is 33.7 Å². The number of hydrogen-bond acceptors (Lipinski definition) is 3. The average molecular weight is 285 g/mol. The molecule has 0 saturated carbocycles. The predicted molar refractivity (Wildman–Crippen MR) is 77.7 cm³/mol. The third-order valence-corrected chi connectivity index (χ3v) is 3.51. The minimum atomic E-state index is -0.910. The topological polar surface area (TPSA) is 72.9 Å². The number of likely N-dealkylation sites (tertiary alicyclic amines) is 1. The van der Waals surface area contributed by atoms with E-state index in [2.05, 4.69) is 24.1 Å². The SMILES string of the molecule is CN(C)CC(C)(C)CNC(=O)N1CCCCC1C(=O)O. The standard InChI is InChI=1S/C14H27N3O3/c1-14(2,10-16(3)4)9-15-13(20)17-8-6-5-7-11(17)12(18)19/h11H,5-10H2,1-4H3,(H,15,20)(H,18,19). The van der Waals surface area contributed by atoms with Gasteiger partial charge >= 0.3 is 12.0 Å². The molecule has 6 heteroatoms. The Morgan fingerprint density at radius 3 is 2.55 bits per heavy atom. The van der Waals surface area contributed by atoms with E-state index in [0.29, 0.717) is 19.5 Å². The van der Waals surface area contributed by atoms with E-state index >= 15 is 0 Å². The van der Waals surface area contributed by atoms with Crippen molar-refractivity contribution in [2.45, 2.75) is 39.2 Å². The molecule has 1 aliphatic rings. The Kier molecular flexibility index (Phi) is 5.80. The molecular weight excluding hydrogens is 258 g/mol. The van der Waals surface area contributed by atoms with Crippen LogP contribution in [-0.4, -0.2) is 66.7 Å². The first-order valence-corrected chi connectivity index (χ1v) is 7.15. The van der Waals surface area contributed by atoms with Gasteiger partial charge in [-0.2, -0.15) is 0 Å². The molecule has 0 aromatic heterocycles. The number of piperidine rings is 1. The smallest absolute Gasteiger partial charge is 0.326 e. The first kappa shape index (κ1) is 16.8. The first-order chi connectivity index (χ1) is 9.23. The lowest BCUT2D eigenvalue weighted by molar-refractivity contribution is -0.143. The highest BCUT2D eigenvalue weighted by Gasteiger charge is 2.32. The molecule has 2 N–H and O–H groups in total. The summed E-state index contributed by atoms with van der Waals surface area (Å²) in [6.07, 6.45) is 2.29. The van der Waals surface area contributed by atoms with Crippen LogP contribution in [0.3, 0.4) is 0 Å². The Labute approximate surface area is 121 Å². The number of nitrogens with one attached hydrogen (secondary N) is 1. The maximum atomic E-state index is 12.2. The molecule has 1 atom stereocenters. The van der Waals surface area contributed by atoms with Gasteiger partial charge in [0, 0.05) is 19.6 Å². The van der Waals surface area contributed by atoms with Crippen molar-refractivity contribution in [1.82, 2.24) is 15.1 Å². The minimum Gasteiger partial charge on any atom is -0.480 e. The molecule has 0 aromatic carbocycles. The highest BCUT2D eigenvalue weighted by Crippen LogP contribution is 2.18. The lowest BCUT2D eigenvalue weighted by Crippen LogP contribution is -2.53. The summed E-state index contributed by atoms with van der Waals surface area (Å²) in [4.78, 5) is 26.9. The fourth-order valence-corrected chi connectivity index (χ4v) is 2.76. The Morgan fingerprint density at radius 1 is 1.35 bits per heavy atom. The zero-order valence-corrected chi connectivity index (χ0v) is 13.0. The summed E-state index contributed by atoms with van der Waals surface area (Å²) in [5, 5.41) is 12.1. The van der Waals surface area contributed by atoms with Gasteiger partial charge in [0.25, 0.3) is 0 Å². The van der Waals surface area contributed by atoms with Crippen molar-refractivity contribution in [3.8, 4) is 0 Å². The highest BCUT2D eigenvalue weighted by molar-refractivity contribution is 5.82. The summed E-state index contributed by atoms with van der Waals surface area (Å²) in [5.41, 5.74) is -0.0479. The fraction of sp³-hybridized carbons (Fsp3) is 0.857. The van der Waals surface area contributed by atoms with Gasteiger partial charge in [-0.25, -0.2) is 9.59 Å². The number of urea groups is 1. The number of carboxylic acids is 1. The van der Waals surface area contributed by atoms with Crippen LogP contribution in [0.15, 0.2) is 0 Å². The van der Waals surface area contributed by atoms with E-state index in [4.69, 9.17) is 0 Å². The summed E-state index contributed by atoms with van der Waals surface area (Å²) >= 11 is 0. The summed E-state index contributed by atoms with van der Waals surface area (Å²) in [7, 11) is 3.99. The molecule has 0 radical (unpaired) electrons. The number of hydrogen-bond donors (Lipinski definition) is 2. The number of amides is 2. The molecule has 1 unspecified atom stereocenters. The summed E-state index contributed by atoms with van der Waals surface area (Å²) < 4.78 is 0. The molecule has 0 spiro atoms. The molecule has 20 heavy (non-hydrogen) atoms. The summed E-state index contributed by atoms with van der Waals surface area (Å²) in [5.74, 6) is -0.910. The molecule has 1 heterocycles. The molecule has 0 aliphatic carbocycles. The lowest BCUT2D eigenvalue weighted by Gasteiger charge is -2.35. The lowest BCUT2D eigenvalue weighted by atomic mass is 9.93. The highest BCUT2D eigenvalue weighted by atomic mass is 16.4. The monoisotopic (exact) mass is 285 g/mol. The molecule has 0 bridgehead atoms. The molecule has 1 aliphatic heterocycles. The van der Waals surface area contributed by atoms with E-state index in [0.717, 1.165) is 19.4 Å². The maximum Gasteiger partial charge on any atom is 0.326 e. The molecule has 116 valence electrons. The summed E-state index contributed by atoms with van der Waals surface area (Å²) in [6.45, 7) is 6.08. The van der Waals surface area contributed by atoms with Crippen LogP contribution < -0.4 is 5.32 Å². The molecular formula is C14H27N3O3. The molecule has 2 amide bonds. The van der Waals surface area contributed by atoms with Crippen molar-refractivity contribution in [1.29, 1.82) is 0 Å². The van der Waals surface area contributed by atoms with Gasteiger partial charge in [0.1, 0.15) is 6.04 Å². The van der Waals surface area contributed by atoms with Crippen LogP contribution >= 0.6 is 0 Å². The van der Waals surface area contributed by atoms with E-state index in [9.17, 15) is 14.7 Å². The quantitative estimate of drug-likeness (QED) is 0.796. The fourth-order valence-electron chi connectivity index (χ4n) is 2.76. The third kappa shape index (κ3) is 5.00. The molecule has 6 nitrogen and oxygen atoms in total. The van der Waals surface area contributed by atoms with E-state index in [1.807, 2.05) is 14.1 Å². The zero-order chi connectivity index (χ0) is 15.3. The molecule has 1 rings (SSSR count). The first-order valence-electron chi connectivity index (χ1n) is 7.15. The van der Waals surface area contributed by atoms with Crippen LogP contribution in [0.2, 0.25) is 0 Å². The van der Waals surface area contributed by atoms with Gasteiger partial charge in [-0.3, -0.25) is 0 Å². The Bertz CT molecular complexity index is 356. The Balaban J connectivity index is 2.54. The largest absolute Gasteiger partial charge is 0.480 e. The van der Waals surface area contributed by atoms with E-state index < -0.39 is 12.0 Å². The van der Waals surface area contributed by atoms with Gasteiger partial charge in [0.05, 0.1) is 0 Å². The number of carboxylic acid groups (broad SMARTS) is 1. The molecule has 1 fully saturated rings. The zero-order valence-electron chi connectivity index (χ0n) is 13.0. The minimum absolute atomic E-state index is 0.0479. The van der Waals surface area contributed by atoms with Crippen molar-refractivity contribution in [3.05, 3.63) is 0 Å². The van der Waals surface area contributed by atoms with Crippen molar-refractivity contribution >= 4 is 12.0 Å². The number of rotatable bonds is 5. The third-order valence-electron chi connectivity index (χ3n) is 3.51. The second-order valence-corrected chi connectivity index (χ2v) is 6.60. The molecule has 0 aromatic rings. The number of carbonyl (C=O) groups is 2. The number of aliphatic carboxylic acids is 1. The van der Waals surface area contributed by atoms with Crippen molar-refractivity contribution in [2.24, 2.45) is 5.41 Å². The van der Waals surface area contributed by atoms with Gasteiger partial charge in [0.2, 0.25) is 0 Å². The number of nitrogens with zero attached hydrogens (tertiary/aromatic N) is 2. The number of carbonyl (C=O) groups excluding carboxylic acids is 1. The van der Waals surface area contributed by atoms with E-state index in [-0.39, 0.29) is 11.4 Å². The van der Waals surface area contributed by atoms with Crippen LogP contribution in [0.25, 0.3) is 0 Å².